The first kappa shape index (κ1) is 34.4. The largest absolute Gasteiger partial charge is 0.508 e. The molecule has 4 unspecified atom stereocenters. The fourth-order valence-corrected chi connectivity index (χ4v) is 4.15. The molecule has 0 aliphatic carbocycles. The maximum Gasteiger partial charge on any atom is 0.326 e. The maximum atomic E-state index is 13.5. The van der Waals surface area contributed by atoms with E-state index >= 15 is 0 Å². The third-order valence-electron chi connectivity index (χ3n) is 6.54. The molecule has 2 aromatic rings. The number of nitrogens with two attached hydrogens (primary N) is 3. The van der Waals surface area contributed by atoms with E-state index in [9.17, 15) is 34.5 Å². The summed E-state index contributed by atoms with van der Waals surface area (Å²) >= 11 is 0. The summed E-state index contributed by atoms with van der Waals surface area (Å²) in [6, 6.07) is 7.68. The van der Waals surface area contributed by atoms with Crippen molar-refractivity contribution < 1.29 is 34.5 Å². The summed E-state index contributed by atoms with van der Waals surface area (Å²) in [5.74, 6) is -3.76. The highest BCUT2D eigenvalue weighted by atomic mass is 16.4. The molecule has 43 heavy (non-hydrogen) atoms. The minimum Gasteiger partial charge on any atom is -0.508 e. The Hall–Kier alpha value is -4.85. The Morgan fingerprint density at radius 3 is 1.77 bits per heavy atom. The number of phenols is 2. The first-order valence-electron chi connectivity index (χ1n) is 13.8. The Balaban J connectivity index is 2.18. The van der Waals surface area contributed by atoms with Crippen molar-refractivity contribution in [1.29, 1.82) is 0 Å². The number of aliphatic imine (C=N–C) groups is 1. The van der Waals surface area contributed by atoms with Gasteiger partial charge in [0.1, 0.15) is 29.6 Å². The zero-order valence-corrected chi connectivity index (χ0v) is 24.2. The van der Waals surface area contributed by atoms with Crippen LogP contribution in [0.2, 0.25) is 0 Å². The van der Waals surface area contributed by atoms with E-state index in [1.807, 2.05) is 0 Å². The van der Waals surface area contributed by atoms with E-state index in [1.54, 1.807) is 38.1 Å². The molecular formula is C29H41N7O7. The van der Waals surface area contributed by atoms with Gasteiger partial charge >= 0.3 is 5.97 Å². The topological polar surface area (TPSA) is 255 Å². The minimum absolute atomic E-state index is 0.0127. The molecule has 3 amide bonds. The Morgan fingerprint density at radius 1 is 0.767 bits per heavy atom. The highest BCUT2D eigenvalue weighted by Gasteiger charge is 2.32. The van der Waals surface area contributed by atoms with Crippen molar-refractivity contribution in [2.45, 2.75) is 63.7 Å². The summed E-state index contributed by atoms with van der Waals surface area (Å²) in [5, 5.41) is 36.5. The second-order valence-electron chi connectivity index (χ2n) is 10.5. The highest BCUT2D eigenvalue weighted by molar-refractivity contribution is 5.94. The van der Waals surface area contributed by atoms with Crippen LogP contribution in [0.4, 0.5) is 0 Å². The molecule has 0 aromatic heterocycles. The summed E-state index contributed by atoms with van der Waals surface area (Å²) in [6.45, 7) is 3.54. The fraction of sp³-hybridized carbons (Fsp3) is 0.414. The van der Waals surface area contributed by atoms with Gasteiger partial charge in [-0.3, -0.25) is 19.4 Å². The summed E-state index contributed by atoms with van der Waals surface area (Å²) in [5.41, 5.74) is 18.0. The molecule has 0 fully saturated rings. The van der Waals surface area contributed by atoms with Gasteiger partial charge in [-0.25, -0.2) is 4.79 Å². The molecule has 4 atom stereocenters. The standard InChI is InChI=1S/C29H41N7O7/c1-16(2)24(27(41)34-22(28(42)43)4-3-13-33-29(31)32)36-26(40)23(15-18-7-11-20(38)12-8-18)35-25(39)21(30)14-17-5-9-19(37)10-6-17/h5-12,16,21-24,37-38H,3-4,13-15,30H2,1-2H3,(H,34,41)(H,35,39)(H,36,40)(H,42,43)(H4,31,32,33). The lowest BCUT2D eigenvalue weighted by Gasteiger charge is -2.27. The van der Waals surface area contributed by atoms with Crippen LogP contribution in [0.3, 0.4) is 0 Å². The molecule has 0 aliphatic heterocycles. The number of carboxylic acid groups (broad SMARTS) is 1. The van der Waals surface area contributed by atoms with Gasteiger partial charge in [-0.1, -0.05) is 38.1 Å². The van der Waals surface area contributed by atoms with E-state index in [0.29, 0.717) is 17.5 Å². The van der Waals surface area contributed by atoms with Crippen molar-refractivity contribution in [2.24, 2.45) is 28.1 Å². The van der Waals surface area contributed by atoms with E-state index in [4.69, 9.17) is 17.2 Å². The lowest BCUT2D eigenvalue weighted by Crippen LogP contribution is -2.59. The maximum absolute atomic E-state index is 13.5. The third kappa shape index (κ3) is 11.9. The number of benzene rings is 2. The number of hydrogen-bond acceptors (Lipinski definition) is 8. The minimum atomic E-state index is -1.26. The van der Waals surface area contributed by atoms with Crippen molar-refractivity contribution in [2.75, 3.05) is 6.54 Å². The van der Waals surface area contributed by atoms with E-state index in [2.05, 4.69) is 20.9 Å². The number of phenolic OH excluding ortho intramolecular Hbond substituents is 2. The van der Waals surface area contributed by atoms with Crippen LogP contribution in [0.25, 0.3) is 0 Å². The summed E-state index contributed by atoms with van der Waals surface area (Å²) in [6.07, 6.45) is 0.489. The molecule has 0 saturated heterocycles. The first-order chi connectivity index (χ1) is 20.3. The monoisotopic (exact) mass is 599 g/mol. The summed E-state index contributed by atoms with van der Waals surface area (Å²) in [4.78, 5) is 55.3. The number of guanidine groups is 1. The molecule has 0 bridgehead atoms. The van der Waals surface area contributed by atoms with Crippen LogP contribution in [0.5, 0.6) is 11.5 Å². The van der Waals surface area contributed by atoms with Gasteiger partial charge in [0.15, 0.2) is 5.96 Å². The van der Waals surface area contributed by atoms with Gasteiger partial charge in [0.05, 0.1) is 6.04 Å². The molecule has 2 aromatic carbocycles. The zero-order chi connectivity index (χ0) is 32.1. The van der Waals surface area contributed by atoms with Crippen molar-refractivity contribution >= 4 is 29.7 Å². The number of carbonyl (C=O) groups excluding carboxylic acids is 3. The van der Waals surface area contributed by atoms with Crippen LogP contribution >= 0.6 is 0 Å². The Bertz CT molecular complexity index is 1260. The number of rotatable bonds is 16. The van der Waals surface area contributed by atoms with Crippen molar-refractivity contribution in [3.63, 3.8) is 0 Å². The predicted molar refractivity (Wildman–Crippen MR) is 160 cm³/mol. The Morgan fingerprint density at radius 2 is 1.28 bits per heavy atom. The van der Waals surface area contributed by atoms with E-state index in [0.717, 1.165) is 0 Å². The van der Waals surface area contributed by atoms with Crippen molar-refractivity contribution in [3.8, 4) is 11.5 Å². The molecule has 234 valence electrons. The quantitative estimate of drug-likeness (QED) is 0.0676. The smallest absolute Gasteiger partial charge is 0.326 e. The van der Waals surface area contributed by atoms with Gasteiger partial charge in [0.25, 0.3) is 0 Å². The number of amides is 3. The van der Waals surface area contributed by atoms with Crippen LogP contribution in [0, 0.1) is 5.92 Å². The molecule has 14 nitrogen and oxygen atoms in total. The second kappa shape index (κ2) is 16.6. The van der Waals surface area contributed by atoms with Crippen molar-refractivity contribution in [1.82, 2.24) is 16.0 Å². The molecule has 0 saturated carbocycles. The molecule has 0 aliphatic rings. The van der Waals surface area contributed by atoms with Gasteiger partial charge in [-0.05, 0) is 60.6 Å². The molecule has 12 N–H and O–H groups in total. The van der Waals surface area contributed by atoms with Gasteiger partial charge < -0.3 is 48.5 Å². The van der Waals surface area contributed by atoms with Gasteiger partial charge in [0, 0.05) is 13.0 Å². The van der Waals surface area contributed by atoms with Gasteiger partial charge in [-0.2, -0.15) is 0 Å². The highest BCUT2D eigenvalue weighted by Crippen LogP contribution is 2.14. The number of aromatic hydroxyl groups is 2. The second-order valence-corrected chi connectivity index (χ2v) is 10.5. The Kier molecular flexibility index (Phi) is 13.2. The fourth-order valence-electron chi connectivity index (χ4n) is 4.15. The van der Waals surface area contributed by atoms with Crippen molar-refractivity contribution in [3.05, 3.63) is 59.7 Å². The van der Waals surface area contributed by atoms with Crippen LogP contribution < -0.4 is 33.2 Å². The number of carbonyl (C=O) groups is 4. The first-order valence-corrected chi connectivity index (χ1v) is 13.8. The van der Waals surface area contributed by atoms with Crippen LogP contribution in [0.1, 0.15) is 37.8 Å². The molecule has 0 radical (unpaired) electrons. The number of aliphatic carboxylic acids is 1. The summed E-state index contributed by atoms with van der Waals surface area (Å²) < 4.78 is 0. The van der Waals surface area contributed by atoms with Gasteiger partial charge in [0.2, 0.25) is 17.7 Å². The number of nitrogens with zero attached hydrogens (tertiary/aromatic N) is 1. The molecule has 0 heterocycles. The van der Waals surface area contributed by atoms with E-state index in [1.165, 1.54) is 24.3 Å². The molecular weight excluding hydrogens is 558 g/mol. The van der Waals surface area contributed by atoms with Crippen LogP contribution in [-0.2, 0) is 32.0 Å². The van der Waals surface area contributed by atoms with E-state index < -0.39 is 53.8 Å². The number of carboxylic acids is 1. The van der Waals surface area contributed by atoms with Gasteiger partial charge in [-0.15, -0.1) is 0 Å². The average molecular weight is 600 g/mol. The number of hydrogen-bond donors (Lipinski definition) is 9. The normalized spacial score (nSPS) is 13.7. The van der Waals surface area contributed by atoms with Crippen LogP contribution in [0.15, 0.2) is 53.5 Å². The third-order valence-corrected chi connectivity index (χ3v) is 6.54. The Labute approximate surface area is 249 Å². The molecule has 14 heteroatoms. The lowest BCUT2D eigenvalue weighted by molar-refractivity contribution is -0.142. The summed E-state index contributed by atoms with van der Waals surface area (Å²) in [7, 11) is 0. The molecule has 0 spiro atoms. The average Bonchev–Trinajstić information content (AvgIpc) is 2.94. The number of nitrogens with one attached hydrogen (secondary N) is 3. The SMILES string of the molecule is CC(C)C(NC(=O)C(Cc1ccc(O)cc1)NC(=O)C(N)Cc1ccc(O)cc1)C(=O)NC(CCCN=C(N)N)C(=O)O. The molecule has 2 rings (SSSR count). The lowest BCUT2D eigenvalue weighted by atomic mass is 9.99. The van der Waals surface area contributed by atoms with E-state index in [-0.39, 0.29) is 43.3 Å². The van der Waals surface area contributed by atoms with Crippen LogP contribution in [-0.4, -0.2) is 75.7 Å². The predicted octanol–water partition coefficient (Wildman–Crippen LogP) is -0.541. The zero-order valence-electron chi connectivity index (χ0n) is 24.2.